The van der Waals surface area contributed by atoms with Crippen LogP contribution in [0.5, 0.6) is 0 Å². The highest BCUT2D eigenvalue weighted by atomic mass is 32.1. The van der Waals surface area contributed by atoms with Crippen molar-refractivity contribution < 1.29 is 9.59 Å². The minimum absolute atomic E-state index is 0.0622. The lowest BCUT2D eigenvalue weighted by Crippen LogP contribution is -2.40. The van der Waals surface area contributed by atoms with Gasteiger partial charge in [-0.25, -0.2) is 4.98 Å². The average Bonchev–Trinajstić information content (AvgIpc) is 3.09. The van der Waals surface area contributed by atoms with Crippen LogP contribution in [0.15, 0.2) is 17.0 Å². The third-order valence-corrected chi connectivity index (χ3v) is 5.51. The third-order valence-electron chi connectivity index (χ3n) is 4.73. The molecule has 1 aliphatic carbocycles. The zero-order valence-corrected chi connectivity index (χ0v) is 14.4. The minimum atomic E-state index is -0.559. The smallest absolute Gasteiger partial charge is 0.273 e. The van der Waals surface area contributed by atoms with Gasteiger partial charge in [0.05, 0.1) is 10.6 Å². The Balaban J connectivity index is 1.86. The highest BCUT2D eigenvalue weighted by Crippen LogP contribution is 2.48. The average molecular weight is 329 g/mol. The number of Topliss-reactive ketones (excluding diaryl/α,β-unsaturated/α-hetero) is 1. The first-order valence-corrected chi connectivity index (χ1v) is 8.53. The van der Waals surface area contributed by atoms with Gasteiger partial charge in [-0.3, -0.25) is 9.59 Å². The number of thiazole rings is 1. The van der Waals surface area contributed by atoms with E-state index in [1.807, 2.05) is 26.8 Å². The van der Waals surface area contributed by atoms with Gasteiger partial charge in [-0.1, -0.05) is 19.9 Å². The number of aromatic nitrogens is 1. The zero-order chi connectivity index (χ0) is 16.8. The molecule has 0 bridgehead atoms. The molecule has 1 aromatic rings. The predicted molar refractivity (Wildman–Crippen MR) is 86.9 cm³/mol. The molecule has 0 unspecified atom stereocenters. The Hall–Kier alpha value is -2.00. The van der Waals surface area contributed by atoms with Crippen molar-refractivity contribution >= 4 is 23.0 Å². The van der Waals surface area contributed by atoms with Crippen LogP contribution in [0.2, 0.25) is 0 Å². The Kier molecular flexibility index (Phi) is 3.64. The van der Waals surface area contributed by atoms with E-state index in [1.54, 1.807) is 16.4 Å². The molecule has 1 amide bonds. The molecule has 1 aromatic heterocycles. The number of nitrogens with zero attached hydrogens (tertiary/aromatic N) is 3. The number of carbonyl (C=O) groups excluding carboxylic acids is 2. The highest BCUT2D eigenvalue weighted by molar-refractivity contribution is 7.09. The third kappa shape index (κ3) is 2.70. The van der Waals surface area contributed by atoms with E-state index in [0.29, 0.717) is 25.2 Å². The van der Waals surface area contributed by atoms with Gasteiger partial charge in [0, 0.05) is 29.3 Å². The van der Waals surface area contributed by atoms with Crippen LogP contribution in [-0.2, 0) is 4.79 Å². The van der Waals surface area contributed by atoms with Crippen LogP contribution in [0.4, 0.5) is 0 Å². The molecule has 0 saturated carbocycles. The quantitative estimate of drug-likeness (QED) is 0.794. The lowest BCUT2D eigenvalue weighted by molar-refractivity contribution is -0.125. The Morgan fingerprint density at radius 2 is 2.22 bits per heavy atom. The van der Waals surface area contributed by atoms with E-state index >= 15 is 0 Å². The van der Waals surface area contributed by atoms with E-state index < -0.39 is 5.41 Å². The van der Waals surface area contributed by atoms with E-state index in [-0.39, 0.29) is 22.7 Å². The number of ketones is 1. The van der Waals surface area contributed by atoms with E-state index in [2.05, 4.69) is 4.98 Å². The van der Waals surface area contributed by atoms with Crippen LogP contribution < -0.4 is 0 Å². The van der Waals surface area contributed by atoms with Gasteiger partial charge in [-0.15, -0.1) is 11.3 Å². The SMILES string of the molecule is Cc1nc(C(=O)N2CC[C@@]3(C=C(C#N)C(=O)C(C)(C)C3)C2)cs1. The summed E-state index contributed by atoms with van der Waals surface area (Å²) in [7, 11) is 0. The van der Waals surface area contributed by atoms with Gasteiger partial charge >= 0.3 is 0 Å². The van der Waals surface area contributed by atoms with Crippen molar-refractivity contribution in [1.29, 1.82) is 5.26 Å². The summed E-state index contributed by atoms with van der Waals surface area (Å²) < 4.78 is 0. The normalized spacial score (nSPS) is 26.3. The van der Waals surface area contributed by atoms with Gasteiger partial charge < -0.3 is 4.90 Å². The molecule has 1 saturated heterocycles. The van der Waals surface area contributed by atoms with Crippen LogP contribution in [0.3, 0.4) is 0 Å². The standard InChI is InChI=1S/C17H19N3O2S/c1-11-19-13(8-23-11)15(22)20-5-4-17(10-20)6-12(7-18)14(21)16(2,3)9-17/h6,8H,4-5,9-10H2,1-3H3/t17-/m0/s1. The van der Waals surface area contributed by atoms with Crippen LogP contribution >= 0.6 is 11.3 Å². The van der Waals surface area contributed by atoms with Crippen LogP contribution in [0.1, 0.15) is 42.2 Å². The Bertz CT molecular complexity index is 756. The number of rotatable bonds is 1. The van der Waals surface area contributed by atoms with Crippen molar-refractivity contribution in [1.82, 2.24) is 9.88 Å². The van der Waals surface area contributed by atoms with Gasteiger partial charge in [0.2, 0.25) is 0 Å². The van der Waals surface area contributed by atoms with Gasteiger partial charge in [-0.2, -0.15) is 5.26 Å². The predicted octanol–water partition coefficient (Wildman–Crippen LogP) is 2.73. The molecule has 1 fully saturated rings. The molecule has 1 spiro atoms. The maximum absolute atomic E-state index is 12.6. The molecular formula is C17H19N3O2S. The molecule has 0 radical (unpaired) electrons. The molecule has 3 rings (SSSR count). The first-order valence-electron chi connectivity index (χ1n) is 7.66. The summed E-state index contributed by atoms with van der Waals surface area (Å²) in [6.45, 7) is 6.83. The summed E-state index contributed by atoms with van der Waals surface area (Å²) >= 11 is 1.46. The number of allylic oxidation sites excluding steroid dienone is 1. The number of likely N-dealkylation sites (tertiary alicyclic amines) is 1. The molecule has 6 heteroatoms. The first-order chi connectivity index (χ1) is 10.8. The Morgan fingerprint density at radius 1 is 1.48 bits per heavy atom. The molecule has 1 atom stereocenters. The van der Waals surface area contributed by atoms with Crippen LogP contribution in [0, 0.1) is 29.1 Å². The highest BCUT2D eigenvalue weighted by Gasteiger charge is 2.49. The maximum atomic E-state index is 12.6. The monoisotopic (exact) mass is 329 g/mol. The van der Waals surface area contributed by atoms with Crippen molar-refractivity contribution in [3.63, 3.8) is 0 Å². The Labute approximate surface area is 139 Å². The maximum Gasteiger partial charge on any atom is 0.273 e. The molecule has 0 aromatic carbocycles. The number of hydrogen-bond acceptors (Lipinski definition) is 5. The van der Waals surface area contributed by atoms with Gasteiger partial charge in [0.25, 0.3) is 5.91 Å². The lowest BCUT2D eigenvalue weighted by atomic mass is 9.64. The number of carbonyl (C=O) groups is 2. The fourth-order valence-corrected chi connectivity index (χ4v) is 4.37. The Morgan fingerprint density at radius 3 is 2.83 bits per heavy atom. The summed E-state index contributed by atoms with van der Waals surface area (Å²) in [5, 5.41) is 11.9. The van der Waals surface area contributed by atoms with E-state index in [0.717, 1.165) is 11.4 Å². The van der Waals surface area contributed by atoms with E-state index in [4.69, 9.17) is 0 Å². The van der Waals surface area contributed by atoms with Crippen molar-refractivity contribution in [2.24, 2.45) is 10.8 Å². The van der Waals surface area contributed by atoms with E-state index in [9.17, 15) is 14.9 Å². The van der Waals surface area contributed by atoms with Gasteiger partial charge in [0.1, 0.15) is 11.8 Å². The molecule has 120 valence electrons. The summed E-state index contributed by atoms with van der Waals surface area (Å²) in [5.41, 5.74) is -0.112. The van der Waals surface area contributed by atoms with Gasteiger partial charge in [-0.05, 0) is 19.8 Å². The molecular weight excluding hydrogens is 310 g/mol. The van der Waals surface area contributed by atoms with Crippen molar-refractivity contribution in [3.8, 4) is 6.07 Å². The zero-order valence-electron chi connectivity index (χ0n) is 13.5. The summed E-state index contributed by atoms with van der Waals surface area (Å²) in [6, 6.07) is 2.04. The van der Waals surface area contributed by atoms with Crippen LogP contribution in [0.25, 0.3) is 0 Å². The molecule has 5 nitrogen and oxygen atoms in total. The second-order valence-electron chi connectivity index (χ2n) is 7.15. The van der Waals surface area contributed by atoms with Crippen molar-refractivity contribution in [2.45, 2.75) is 33.6 Å². The lowest BCUT2D eigenvalue weighted by Gasteiger charge is -2.38. The fourth-order valence-electron chi connectivity index (χ4n) is 3.79. The number of hydrogen-bond donors (Lipinski definition) is 0. The topological polar surface area (TPSA) is 74.1 Å². The minimum Gasteiger partial charge on any atom is -0.336 e. The van der Waals surface area contributed by atoms with Crippen LogP contribution in [-0.4, -0.2) is 34.7 Å². The molecule has 1 aliphatic heterocycles. The molecule has 2 heterocycles. The van der Waals surface area contributed by atoms with E-state index in [1.165, 1.54) is 11.3 Å². The number of amides is 1. The summed E-state index contributed by atoms with van der Waals surface area (Å²) in [6.07, 6.45) is 3.26. The molecule has 0 N–H and O–H groups in total. The molecule has 2 aliphatic rings. The number of nitriles is 1. The first kappa shape index (κ1) is 15.9. The molecule has 23 heavy (non-hydrogen) atoms. The largest absolute Gasteiger partial charge is 0.336 e. The van der Waals surface area contributed by atoms with Crippen molar-refractivity contribution in [2.75, 3.05) is 13.1 Å². The second kappa shape index (κ2) is 5.27. The summed E-state index contributed by atoms with van der Waals surface area (Å²) in [4.78, 5) is 30.9. The van der Waals surface area contributed by atoms with Crippen molar-refractivity contribution in [3.05, 3.63) is 27.7 Å². The fraction of sp³-hybridized carbons (Fsp3) is 0.529. The summed E-state index contributed by atoms with van der Waals surface area (Å²) in [5.74, 6) is -0.154. The van der Waals surface area contributed by atoms with Gasteiger partial charge in [0.15, 0.2) is 5.78 Å². The number of aryl methyl sites for hydroxylation is 1. The second-order valence-corrected chi connectivity index (χ2v) is 8.21.